The van der Waals surface area contributed by atoms with Crippen LogP contribution in [0.2, 0.25) is 0 Å². The highest BCUT2D eigenvalue weighted by Crippen LogP contribution is 2.17. The van der Waals surface area contributed by atoms with Gasteiger partial charge in [-0.25, -0.2) is 0 Å². The Morgan fingerprint density at radius 2 is 1.78 bits per heavy atom. The maximum absolute atomic E-state index is 12.4. The Labute approximate surface area is 138 Å². The van der Waals surface area contributed by atoms with Gasteiger partial charge in [0.2, 0.25) is 5.91 Å². The summed E-state index contributed by atoms with van der Waals surface area (Å²) in [6.07, 6.45) is -0.0766. The quantitative estimate of drug-likeness (QED) is 0.860. The molecular weight excluding hydrogens is 286 g/mol. The third kappa shape index (κ3) is 4.93. The Bertz CT molecular complexity index is 639. The van der Waals surface area contributed by atoms with Gasteiger partial charge < -0.3 is 10.4 Å². The largest absolute Gasteiger partial charge is 0.391 e. The maximum Gasteiger partial charge on any atom is 0.227 e. The molecule has 0 saturated carbocycles. The van der Waals surface area contributed by atoms with Crippen LogP contribution in [-0.4, -0.2) is 23.2 Å². The van der Waals surface area contributed by atoms with Crippen LogP contribution < -0.4 is 5.32 Å². The highest BCUT2D eigenvalue weighted by atomic mass is 16.3. The summed E-state index contributed by atoms with van der Waals surface area (Å²) < 4.78 is 0. The number of aryl methyl sites for hydroxylation is 1. The molecule has 3 heteroatoms. The predicted molar refractivity (Wildman–Crippen MR) is 93.4 cm³/mol. The molecule has 0 bridgehead atoms. The van der Waals surface area contributed by atoms with Gasteiger partial charge in [-0.05, 0) is 31.9 Å². The first-order valence-electron chi connectivity index (χ1n) is 8.06. The van der Waals surface area contributed by atoms with E-state index in [1.807, 2.05) is 75.4 Å². The Morgan fingerprint density at radius 3 is 2.43 bits per heavy atom. The lowest BCUT2D eigenvalue weighted by molar-refractivity contribution is -0.123. The van der Waals surface area contributed by atoms with Crippen LogP contribution in [0.3, 0.4) is 0 Å². The molecule has 2 rings (SSSR count). The van der Waals surface area contributed by atoms with E-state index in [2.05, 4.69) is 5.32 Å². The third-order valence-corrected chi connectivity index (χ3v) is 4.17. The van der Waals surface area contributed by atoms with Crippen LogP contribution in [0.4, 0.5) is 0 Å². The van der Waals surface area contributed by atoms with Gasteiger partial charge in [-0.1, -0.05) is 60.2 Å². The molecular formula is C20H25NO2. The van der Waals surface area contributed by atoms with E-state index in [4.69, 9.17) is 0 Å². The van der Waals surface area contributed by atoms with Crippen molar-refractivity contribution in [3.05, 3.63) is 71.3 Å². The fourth-order valence-corrected chi connectivity index (χ4v) is 2.57. The molecule has 0 aliphatic rings. The molecule has 2 aromatic carbocycles. The Balaban J connectivity index is 1.93. The lowest BCUT2D eigenvalue weighted by Crippen LogP contribution is -2.43. The van der Waals surface area contributed by atoms with E-state index >= 15 is 0 Å². The van der Waals surface area contributed by atoms with Crippen molar-refractivity contribution >= 4 is 5.91 Å². The number of aliphatic hydroxyl groups is 1. The lowest BCUT2D eigenvalue weighted by atomic mass is 9.97. The molecule has 0 aliphatic carbocycles. The summed E-state index contributed by atoms with van der Waals surface area (Å²) in [5, 5.41) is 13.2. The number of amides is 1. The summed E-state index contributed by atoms with van der Waals surface area (Å²) >= 11 is 0. The van der Waals surface area contributed by atoms with Crippen molar-refractivity contribution in [2.45, 2.75) is 45.3 Å². The van der Waals surface area contributed by atoms with Gasteiger partial charge in [-0.15, -0.1) is 0 Å². The summed E-state index contributed by atoms with van der Waals surface area (Å²) in [5.41, 5.74) is 3.19. The number of carbonyl (C=O) groups is 1. The third-order valence-electron chi connectivity index (χ3n) is 4.17. The molecule has 3 nitrogen and oxygen atoms in total. The highest BCUT2D eigenvalue weighted by Gasteiger charge is 2.21. The lowest BCUT2D eigenvalue weighted by Gasteiger charge is -2.22. The normalized spacial score (nSPS) is 14.8. The number of benzene rings is 2. The van der Waals surface area contributed by atoms with Crippen molar-refractivity contribution in [2.75, 3.05) is 0 Å². The van der Waals surface area contributed by atoms with E-state index in [0.717, 1.165) is 16.7 Å². The monoisotopic (exact) mass is 311 g/mol. The molecule has 1 amide bonds. The maximum atomic E-state index is 12.4. The number of nitrogens with one attached hydrogen (secondary N) is 1. The summed E-state index contributed by atoms with van der Waals surface area (Å²) in [5.74, 6) is -0.295. The second-order valence-electron chi connectivity index (χ2n) is 6.19. The zero-order valence-corrected chi connectivity index (χ0v) is 14.0. The fourth-order valence-electron chi connectivity index (χ4n) is 2.57. The van der Waals surface area contributed by atoms with Crippen molar-refractivity contribution in [1.29, 1.82) is 0 Å². The minimum atomic E-state index is -0.606. The average molecular weight is 311 g/mol. The Kier molecular flexibility index (Phi) is 5.94. The molecule has 0 saturated heterocycles. The van der Waals surface area contributed by atoms with Crippen molar-refractivity contribution < 1.29 is 9.90 Å². The topological polar surface area (TPSA) is 49.3 Å². The standard InChI is InChI=1S/C20H25NO2/c1-14-8-7-11-18(12-14)15(2)20(23)21-16(3)19(22)13-17-9-5-4-6-10-17/h4-12,15-16,19,22H,13H2,1-3H3,(H,21,23). The number of carbonyl (C=O) groups excluding carboxylic acids is 1. The van der Waals surface area contributed by atoms with Crippen LogP contribution in [0.1, 0.15) is 36.5 Å². The second-order valence-corrected chi connectivity index (χ2v) is 6.19. The van der Waals surface area contributed by atoms with Crippen LogP contribution in [-0.2, 0) is 11.2 Å². The van der Waals surface area contributed by atoms with Crippen LogP contribution >= 0.6 is 0 Å². The summed E-state index contributed by atoms with van der Waals surface area (Å²) in [4.78, 5) is 12.4. The van der Waals surface area contributed by atoms with Gasteiger partial charge in [0.1, 0.15) is 0 Å². The molecule has 122 valence electrons. The first kappa shape index (κ1) is 17.2. The summed E-state index contributed by atoms with van der Waals surface area (Å²) in [7, 11) is 0. The molecule has 0 aromatic heterocycles. The molecule has 3 atom stereocenters. The molecule has 23 heavy (non-hydrogen) atoms. The van der Waals surface area contributed by atoms with Crippen molar-refractivity contribution in [2.24, 2.45) is 0 Å². The van der Waals surface area contributed by atoms with Crippen LogP contribution in [0.15, 0.2) is 54.6 Å². The molecule has 0 spiro atoms. The number of aliphatic hydroxyl groups excluding tert-OH is 1. The van der Waals surface area contributed by atoms with Crippen molar-refractivity contribution in [1.82, 2.24) is 5.32 Å². The first-order chi connectivity index (χ1) is 11.0. The van der Waals surface area contributed by atoms with Crippen LogP contribution in [0.25, 0.3) is 0 Å². The zero-order chi connectivity index (χ0) is 16.8. The molecule has 0 fully saturated rings. The SMILES string of the molecule is Cc1cccc(C(C)C(=O)NC(C)C(O)Cc2ccccc2)c1. The van der Waals surface area contributed by atoms with E-state index in [9.17, 15) is 9.90 Å². The molecule has 2 N–H and O–H groups in total. The van der Waals surface area contributed by atoms with E-state index in [1.165, 1.54) is 0 Å². The molecule has 2 aromatic rings. The molecule has 3 unspecified atom stereocenters. The van der Waals surface area contributed by atoms with E-state index in [-0.39, 0.29) is 17.9 Å². The average Bonchev–Trinajstić information content (AvgIpc) is 2.54. The van der Waals surface area contributed by atoms with Gasteiger partial charge in [-0.3, -0.25) is 4.79 Å². The smallest absolute Gasteiger partial charge is 0.227 e. The van der Waals surface area contributed by atoms with Crippen molar-refractivity contribution in [3.8, 4) is 0 Å². The van der Waals surface area contributed by atoms with Gasteiger partial charge >= 0.3 is 0 Å². The minimum Gasteiger partial charge on any atom is -0.391 e. The Morgan fingerprint density at radius 1 is 1.09 bits per heavy atom. The highest BCUT2D eigenvalue weighted by molar-refractivity contribution is 5.83. The van der Waals surface area contributed by atoms with Crippen molar-refractivity contribution in [3.63, 3.8) is 0 Å². The molecule has 0 radical (unpaired) electrons. The van der Waals surface area contributed by atoms with Gasteiger partial charge in [0.25, 0.3) is 0 Å². The molecule has 0 heterocycles. The van der Waals surface area contributed by atoms with Gasteiger partial charge in [0.05, 0.1) is 18.1 Å². The number of rotatable bonds is 6. The minimum absolute atomic E-state index is 0.0600. The van der Waals surface area contributed by atoms with Gasteiger partial charge in [-0.2, -0.15) is 0 Å². The fraction of sp³-hybridized carbons (Fsp3) is 0.350. The van der Waals surface area contributed by atoms with E-state index in [0.29, 0.717) is 6.42 Å². The number of hydrogen-bond donors (Lipinski definition) is 2. The molecule has 0 aliphatic heterocycles. The van der Waals surface area contributed by atoms with Gasteiger partial charge in [0.15, 0.2) is 0 Å². The summed E-state index contributed by atoms with van der Waals surface area (Å²) in [6.45, 7) is 5.75. The summed E-state index contributed by atoms with van der Waals surface area (Å²) in [6, 6.07) is 17.5. The van der Waals surface area contributed by atoms with Crippen LogP contribution in [0, 0.1) is 6.92 Å². The first-order valence-corrected chi connectivity index (χ1v) is 8.06. The predicted octanol–water partition coefficient (Wildman–Crippen LogP) is 3.21. The van der Waals surface area contributed by atoms with Crippen LogP contribution in [0.5, 0.6) is 0 Å². The zero-order valence-electron chi connectivity index (χ0n) is 14.0. The second kappa shape index (κ2) is 7.93. The number of hydrogen-bond acceptors (Lipinski definition) is 2. The van der Waals surface area contributed by atoms with E-state index in [1.54, 1.807) is 0 Å². The van der Waals surface area contributed by atoms with E-state index < -0.39 is 6.10 Å². The Hall–Kier alpha value is -2.13. The van der Waals surface area contributed by atoms with Gasteiger partial charge in [0, 0.05) is 6.42 Å².